The molecule has 0 aliphatic carbocycles. The van der Waals surface area contributed by atoms with Gasteiger partial charge in [0.15, 0.2) is 5.96 Å². The van der Waals surface area contributed by atoms with E-state index in [1.54, 1.807) is 0 Å². The minimum atomic E-state index is 0. The quantitative estimate of drug-likeness (QED) is 0.349. The van der Waals surface area contributed by atoms with Crippen LogP contribution in [0.15, 0.2) is 33.7 Å². The summed E-state index contributed by atoms with van der Waals surface area (Å²) in [5, 5.41) is 3.57. The van der Waals surface area contributed by atoms with Gasteiger partial charge in [0.05, 0.1) is 12.2 Å². The minimum absolute atomic E-state index is 0. The number of oxazole rings is 1. The molecule has 0 radical (unpaired) electrons. The third-order valence-electron chi connectivity index (χ3n) is 5.80. The lowest BCUT2D eigenvalue weighted by molar-refractivity contribution is 0.163. The molecular formula is C23H36IN5O. The number of aryl methyl sites for hydroxylation is 3. The smallest absolute Gasteiger partial charge is 0.208 e. The van der Waals surface area contributed by atoms with Gasteiger partial charge in [-0.25, -0.2) is 4.98 Å². The molecule has 2 heterocycles. The standard InChI is InChI=1S/C23H35N5O.HI/c1-17-6-8-21(9-7-17)15-27(5)23(24-4)25-14-20-10-12-28(13-11-20)16-22-26-18(2)19(3)29-22;/h6-9,20H,10-16H2,1-5H3,(H,24,25);1H. The van der Waals surface area contributed by atoms with Gasteiger partial charge in [-0.3, -0.25) is 9.89 Å². The fourth-order valence-electron chi connectivity index (χ4n) is 3.81. The molecule has 3 rings (SSSR count). The zero-order chi connectivity index (χ0) is 20.8. The molecule has 1 fully saturated rings. The maximum absolute atomic E-state index is 5.73. The molecule has 1 aromatic heterocycles. The lowest BCUT2D eigenvalue weighted by atomic mass is 9.97. The van der Waals surface area contributed by atoms with Crippen LogP contribution in [0.2, 0.25) is 0 Å². The topological polar surface area (TPSA) is 56.9 Å². The second kappa shape index (κ2) is 11.7. The van der Waals surface area contributed by atoms with E-state index in [0.29, 0.717) is 5.92 Å². The fourth-order valence-corrected chi connectivity index (χ4v) is 3.81. The number of rotatable bonds is 6. The van der Waals surface area contributed by atoms with Crippen LogP contribution in [0, 0.1) is 26.7 Å². The molecule has 0 saturated carbocycles. The lowest BCUT2D eigenvalue weighted by Crippen LogP contribution is -2.43. The normalized spacial score (nSPS) is 15.7. The van der Waals surface area contributed by atoms with Crippen molar-refractivity contribution in [2.75, 3.05) is 33.7 Å². The Morgan fingerprint density at radius 3 is 2.43 bits per heavy atom. The van der Waals surface area contributed by atoms with Crippen LogP contribution < -0.4 is 5.32 Å². The van der Waals surface area contributed by atoms with Gasteiger partial charge in [-0.2, -0.15) is 0 Å². The number of aromatic nitrogens is 1. The van der Waals surface area contributed by atoms with Gasteiger partial charge < -0.3 is 14.6 Å². The molecule has 0 spiro atoms. The van der Waals surface area contributed by atoms with Gasteiger partial charge in [-0.05, 0) is 58.2 Å². The average Bonchev–Trinajstić information content (AvgIpc) is 3.02. The zero-order valence-electron chi connectivity index (χ0n) is 18.9. The van der Waals surface area contributed by atoms with E-state index in [0.717, 1.165) is 56.0 Å². The molecule has 6 nitrogen and oxygen atoms in total. The van der Waals surface area contributed by atoms with Crippen LogP contribution in [0.4, 0.5) is 0 Å². The molecule has 1 N–H and O–H groups in total. The Morgan fingerprint density at radius 2 is 1.87 bits per heavy atom. The van der Waals surface area contributed by atoms with Gasteiger partial charge in [0.25, 0.3) is 0 Å². The number of aliphatic imine (C=N–C) groups is 1. The van der Waals surface area contributed by atoms with Crippen LogP contribution >= 0.6 is 24.0 Å². The predicted molar refractivity (Wildman–Crippen MR) is 133 cm³/mol. The van der Waals surface area contributed by atoms with Crippen LogP contribution in [0.5, 0.6) is 0 Å². The molecular weight excluding hydrogens is 489 g/mol. The minimum Gasteiger partial charge on any atom is -0.444 e. The summed E-state index contributed by atoms with van der Waals surface area (Å²) in [6.45, 7) is 10.9. The molecule has 0 unspecified atom stereocenters. The average molecular weight is 525 g/mol. The van der Waals surface area contributed by atoms with Crippen molar-refractivity contribution in [2.45, 2.75) is 46.7 Å². The summed E-state index contributed by atoms with van der Waals surface area (Å²) in [7, 11) is 3.95. The van der Waals surface area contributed by atoms with Crippen molar-refractivity contribution in [3.63, 3.8) is 0 Å². The maximum Gasteiger partial charge on any atom is 0.208 e. The van der Waals surface area contributed by atoms with E-state index in [1.807, 2.05) is 20.9 Å². The lowest BCUT2D eigenvalue weighted by Gasteiger charge is -2.32. The first kappa shape index (κ1) is 24.7. The van der Waals surface area contributed by atoms with Crippen LogP contribution in [-0.4, -0.2) is 54.5 Å². The Kier molecular flexibility index (Phi) is 9.61. The number of guanidine groups is 1. The van der Waals surface area contributed by atoms with E-state index in [-0.39, 0.29) is 24.0 Å². The first-order valence-electron chi connectivity index (χ1n) is 10.6. The summed E-state index contributed by atoms with van der Waals surface area (Å²) in [4.78, 5) is 13.6. The highest BCUT2D eigenvalue weighted by atomic mass is 127. The number of piperidine rings is 1. The molecule has 0 bridgehead atoms. The first-order chi connectivity index (χ1) is 13.9. The van der Waals surface area contributed by atoms with Gasteiger partial charge in [0, 0.05) is 27.2 Å². The molecule has 166 valence electrons. The Labute approximate surface area is 198 Å². The van der Waals surface area contributed by atoms with Crippen LogP contribution in [0.25, 0.3) is 0 Å². The summed E-state index contributed by atoms with van der Waals surface area (Å²) >= 11 is 0. The van der Waals surface area contributed by atoms with Gasteiger partial charge in [-0.15, -0.1) is 24.0 Å². The van der Waals surface area contributed by atoms with Gasteiger partial charge in [0.2, 0.25) is 5.89 Å². The number of hydrogen-bond acceptors (Lipinski definition) is 4. The summed E-state index contributed by atoms with van der Waals surface area (Å²) < 4.78 is 5.73. The van der Waals surface area contributed by atoms with Crippen molar-refractivity contribution >= 4 is 29.9 Å². The SMILES string of the molecule is CN=C(NCC1CCN(Cc2nc(C)c(C)o2)CC1)N(C)Cc1ccc(C)cc1.I. The largest absolute Gasteiger partial charge is 0.444 e. The van der Waals surface area contributed by atoms with Crippen LogP contribution in [0.1, 0.15) is 41.3 Å². The second-order valence-electron chi connectivity index (χ2n) is 8.24. The predicted octanol–water partition coefficient (Wildman–Crippen LogP) is 4.14. The van der Waals surface area contributed by atoms with E-state index in [4.69, 9.17) is 4.42 Å². The van der Waals surface area contributed by atoms with Gasteiger partial charge in [-0.1, -0.05) is 29.8 Å². The van der Waals surface area contributed by atoms with Crippen LogP contribution in [0.3, 0.4) is 0 Å². The molecule has 0 amide bonds. The zero-order valence-corrected chi connectivity index (χ0v) is 21.3. The molecule has 1 aromatic carbocycles. The van der Waals surface area contributed by atoms with E-state index < -0.39 is 0 Å². The highest BCUT2D eigenvalue weighted by Crippen LogP contribution is 2.19. The molecule has 30 heavy (non-hydrogen) atoms. The highest BCUT2D eigenvalue weighted by Gasteiger charge is 2.21. The van der Waals surface area contributed by atoms with Crippen molar-refractivity contribution < 1.29 is 4.42 Å². The first-order valence-corrected chi connectivity index (χ1v) is 10.6. The Balaban J connectivity index is 0.00000320. The Bertz CT molecular complexity index is 790. The molecule has 0 atom stereocenters. The molecule has 1 aliphatic heterocycles. The number of nitrogens with zero attached hydrogens (tertiary/aromatic N) is 4. The number of likely N-dealkylation sites (tertiary alicyclic amines) is 1. The number of benzene rings is 1. The van der Waals surface area contributed by atoms with Gasteiger partial charge in [0.1, 0.15) is 5.76 Å². The molecule has 2 aromatic rings. The van der Waals surface area contributed by atoms with Crippen molar-refractivity contribution in [2.24, 2.45) is 10.9 Å². The number of nitrogens with one attached hydrogen (secondary N) is 1. The van der Waals surface area contributed by atoms with E-state index in [9.17, 15) is 0 Å². The monoisotopic (exact) mass is 525 g/mol. The number of hydrogen-bond donors (Lipinski definition) is 1. The second-order valence-corrected chi connectivity index (χ2v) is 8.24. The molecule has 1 aliphatic rings. The summed E-state index contributed by atoms with van der Waals surface area (Å²) in [6, 6.07) is 8.69. The van der Waals surface area contributed by atoms with Crippen molar-refractivity contribution in [3.05, 3.63) is 52.7 Å². The molecule has 1 saturated heterocycles. The van der Waals surface area contributed by atoms with Crippen LogP contribution in [-0.2, 0) is 13.1 Å². The van der Waals surface area contributed by atoms with Crippen molar-refractivity contribution in [1.29, 1.82) is 0 Å². The Morgan fingerprint density at radius 1 is 1.20 bits per heavy atom. The number of halogens is 1. The van der Waals surface area contributed by atoms with E-state index >= 15 is 0 Å². The summed E-state index contributed by atoms with van der Waals surface area (Å²) in [6.07, 6.45) is 2.37. The third kappa shape index (κ3) is 6.97. The summed E-state index contributed by atoms with van der Waals surface area (Å²) in [5.41, 5.74) is 3.59. The fraction of sp³-hybridized carbons (Fsp3) is 0.565. The third-order valence-corrected chi connectivity index (χ3v) is 5.80. The van der Waals surface area contributed by atoms with Gasteiger partial charge >= 0.3 is 0 Å². The Hall–Kier alpha value is -1.61. The maximum atomic E-state index is 5.73. The van der Waals surface area contributed by atoms with Crippen molar-refractivity contribution in [3.8, 4) is 0 Å². The molecule has 7 heteroatoms. The van der Waals surface area contributed by atoms with E-state index in [2.05, 4.69) is 63.3 Å². The van der Waals surface area contributed by atoms with E-state index in [1.165, 1.54) is 24.0 Å². The summed E-state index contributed by atoms with van der Waals surface area (Å²) in [5.74, 6) is 3.40. The van der Waals surface area contributed by atoms with Crippen molar-refractivity contribution in [1.82, 2.24) is 20.1 Å². The highest BCUT2D eigenvalue weighted by molar-refractivity contribution is 14.0.